The number of hydrogen-bond donors (Lipinski definition) is 1. The highest BCUT2D eigenvalue weighted by Gasteiger charge is 2.04. The molecule has 0 aliphatic carbocycles. The van der Waals surface area contributed by atoms with Crippen molar-refractivity contribution in [3.63, 3.8) is 0 Å². The Balaban J connectivity index is 2.12. The first-order valence-corrected chi connectivity index (χ1v) is 5.33. The lowest BCUT2D eigenvalue weighted by atomic mass is 10.3. The first-order chi connectivity index (χ1) is 7.20. The van der Waals surface area contributed by atoms with Crippen LogP contribution in [0, 0.1) is 0 Å². The predicted octanol–water partition coefficient (Wildman–Crippen LogP) is 2.56. The van der Waals surface area contributed by atoms with Crippen molar-refractivity contribution < 1.29 is 9.94 Å². The monoisotopic (exact) mass is 209 g/mol. The fourth-order valence-corrected chi connectivity index (χ4v) is 1.19. The topological polar surface area (TPSA) is 32.7 Å². The third-order valence-electron chi connectivity index (χ3n) is 2.14. The predicted molar refractivity (Wildman–Crippen MR) is 60.2 cm³/mol. The summed E-state index contributed by atoms with van der Waals surface area (Å²) in [5.74, 6) is 0.881. The molecule has 0 aliphatic rings. The summed E-state index contributed by atoms with van der Waals surface area (Å²) in [6.45, 7) is 5.19. The van der Waals surface area contributed by atoms with Crippen molar-refractivity contribution in [3.8, 4) is 5.75 Å². The average Bonchev–Trinajstić information content (AvgIpc) is 2.25. The summed E-state index contributed by atoms with van der Waals surface area (Å²) in [6, 6.07) is 9.88. The van der Waals surface area contributed by atoms with E-state index in [1.165, 1.54) is 5.06 Å². The zero-order chi connectivity index (χ0) is 11.1. The molecule has 0 aliphatic heterocycles. The van der Waals surface area contributed by atoms with E-state index in [0.717, 1.165) is 12.2 Å². The molecule has 0 heterocycles. The van der Waals surface area contributed by atoms with Crippen LogP contribution >= 0.6 is 0 Å². The molecule has 0 saturated carbocycles. The quantitative estimate of drug-likeness (QED) is 0.577. The third kappa shape index (κ3) is 4.81. The van der Waals surface area contributed by atoms with Crippen molar-refractivity contribution in [2.24, 2.45) is 0 Å². The molecule has 84 valence electrons. The summed E-state index contributed by atoms with van der Waals surface area (Å²) in [5.41, 5.74) is 0. The fraction of sp³-hybridized carbons (Fsp3) is 0.500. The minimum Gasteiger partial charge on any atom is -0.494 e. The molecule has 0 bridgehead atoms. The molecule has 3 nitrogen and oxygen atoms in total. The zero-order valence-corrected chi connectivity index (χ0v) is 9.39. The van der Waals surface area contributed by atoms with E-state index < -0.39 is 0 Å². The molecular weight excluding hydrogens is 190 g/mol. The molecule has 0 radical (unpaired) electrons. The van der Waals surface area contributed by atoms with Crippen LogP contribution in [0.5, 0.6) is 5.75 Å². The van der Waals surface area contributed by atoms with Crippen LogP contribution < -0.4 is 4.74 Å². The van der Waals surface area contributed by atoms with Crippen molar-refractivity contribution in [3.05, 3.63) is 30.3 Å². The Bertz CT molecular complexity index is 262. The Morgan fingerprint density at radius 1 is 1.27 bits per heavy atom. The SMILES string of the molecule is CC(C)N(O)CCCOc1ccccc1. The summed E-state index contributed by atoms with van der Waals surface area (Å²) in [5, 5.41) is 10.7. The minimum atomic E-state index is 0.168. The first kappa shape index (κ1) is 12.0. The van der Waals surface area contributed by atoms with Gasteiger partial charge in [-0.25, -0.2) is 0 Å². The summed E-state index contributed by atoms with van der Waals surface area (Å²) >= 11 is 0. The van der Waals surface area contributed by atoms with E-state index in [2.05, 4.69) is 0 Å². The van der Waals surface area contributed by atoms with Crippen LogP contribution in [0.4, 0.5) is 0 Å². The molecule has 0 saturated heterocycles. The van der Waals surface area contributed by atoms with Gasteiger partial charge in [0.2, 0.25) is 0 Å². The van der Waals surface area contributed by atoms with Gasteiger partial charge in [0.25, 0.3) is 0 Å². The van der Waals surface area contributed by atoms with Crippen LogP contribution in [0.15, 0.2) is 30.3 Å². The lowest BCUT2D eigenvalue weighted by molar-refractivity contribution is -0.118. The average molecular weight is 209 g/mol. The van der Waals surface area contributed by atoms with Gasteiger partial charge in [-0.3, -0.25) is 0 Å². The number of hydroxylamine groups is 2. The van der Waals surface area contributed by atoms with Crippen molar-refractivity contribution in [2.75, 3.05) is 13.2 Å². The number of hydrogen-bond acceptors (Lipinski definition) is 3. The van der Waals surface area contributed by atoms with Gasteiger partial charge < -0.3 is 9.94 Å². The Kier molecular flexibility index (Phi) is 5.15. The molecule has 0 fully saturated rings. The second-order valence-electron chi connectivity index (χ2n) is 3.77. The van der Waals surface area contributed by atoms with Gasteiger partial charge in [-0.2, -0.15) is 5.06 Å². The zero-order valence-electron chi connectivity index (χ0n) is 9.39. The van der Waals surface area contributed by atoms with E-state index in [-0.39, 0.29) is 6.04 Å². The number of rotatable bonds is 6. The first-order valence-electron chi connectivity index (χ1n) is 5.33. The lowest BCUT2D eigenvalue weighted by Gasteiger charge is -2.18. The van der Waals surface area contributed by atoms with Crippen LogP contribution in [-0.2, 0) is 0 Å². The van der Waals surface area contributed by atoms with E-state index in [1.807, 2.05) is 44.2 Å². The van der Waals surface area contributed by atoms with Crippen molar-refractivity contribution in [2.45, 2.75) is 26.3 Å². The van der Waals surface area contributed by atoms with Gasteiger partial charge in [-0.15, -0.1) is 0 Å². The van der Waals surface area contributed by atoms with E-state index in [1.54, 1.807) is 0 Å². The van der Waals surface area contributed by atoms with Gasteiger partial charge in [0, 0.05) is 12.6 Å². The van der Waals surface area contributed by atoms with Gasteiger partial charge in [0.05, 0.1) is 6.61 Å². The van der Waals surface area contributed by atoms with Crippen molar-refractivity contribution >= 4 is 0 Å². The van der Waals surface area contributed by atoms with Crippen LogP contribution in [0.1, 0.15) is 20.3 Å². The molecule has 1 rings (SSSR count). The highest BCUT2D eigenvalue weighted by Crippen LogP contribution is 2.08. The molecule has 0 aromatic heterocycles. The summed E-state index contributed by atoms with van der Waals surface area (Å²) in [7, 11) is 0. The largest absolute Gasteiger partial charge is 0.494 e. The molecular formula is C12H19NO2. The van der Waals surface area contributed by atoms with Gasteiger partial charge in [-0.05, 0) is 32.4 Å². The molecule has 0 atom stereocenters. The highest BCUT2D eigenvalue weighted by molar-refractivity contribution is 5.20. The van der Waals surface area contributed by atoms with Gasteiger partial charge in [-0.1, -0.05) is 18.2 Å². The smallest absolute Gasteiger partial charge is 0.119 e. The number of ether oxygens (including phenoxy) is 1. The molecule has 0 unspecified atom stereocenters. The molecule has 15 heavy (non-hydrogen) atoms. The number of para-hydroxylation sites is 1. The lowest BCUT2D eigenvalue weighted by Crippen LogP contribution is -2.28. The molecule has 0 spiro atoms. The second kappa shape index (κ2) is 6.43. The van der Waals surface area contributed by atoms with Crippen LogP contribution in [-0.4, -0.2) is 29.5 Å². The Morgan fingerprint density at radius 3 is 2.53 bits per heavy atom. The molecule has 1 N–H and O–H groups in total. The van der Waals surface area contributed by atoms with Crippen molar-refractivity contribution in [1.82, 2.24) is 5.06 Å². The maximum atomic E-state index is 9.40. The van der Waals surface area contributed by atoms with Gasteiger partial charge in [0.15, 0.2) is 0 Å². The maximum absolute atomic E-state index is 9.40. The summed E-state index contributed by atoms with van der Waals surface area (Å²) in [6.07, 6.45) is 0.823. The molecule has 0 amide bonds. The second-order valence-corrected chi connectivity index (χ2v) is 3.77. The minimum absolute atomic E-state index is 0.168. The normalized spacial score (nSPS) is 11.0. The molecule has 3 heteroatoms. The number of benzene rings is 1. The van der Waals surface area contributed by atoms with E-state index in [4.69, 9.17) is 4.74 Å². The fourth-order valence-electron chi connectivity index (χ4n) is 1.19. The number of nitrogens with zero attached hydrogens (tertiary/aromatic N) is 1. The summed E-state index contributed by atoms with van der Waals surface area (Å²) < 4.78 is 5.50. The van der Waals surface area contributed by atoms with Crippen LogP contribution in [0.3, 0.4) is 0 Å². The van der Waals surface area contributed by atoms with Gasteiger partial charge >= 0.3 is 0 Å². The van der Waals surface area contributed by atoms with E-state index in [0.29, 0.717) is 13.2 Å². The third-order valence-corrected chi connectivity index (χ3v) is 2.14. The van der Waals surface area contributed by atoms with Crippen LogP contribution in [0.2, 0.25) is 0 Å². The Labute approximate surface area is 91.2 Å². The molecule has 1 aromatic carbocycles. The van der Waals surface area contributed by atoms with Crippen LogP contribution in [0.25, 0.3) is 0 Å². The van der Waals surface area contributed by atoms with E-state index in [9.17, 15) is 5.21 Å². The molecule has 1 aromatic rings. The highest BCUT2D eigenvalue weighted by atomic mass is 16.5. The van der Waals surface area contributed by atoms with Crippen molar-refractivity contribution in [1.29, 1.82) is 0 Å². The Morgan fingerprint density at radius 2 is 1.93 bits per heavy atom. The van der Waals surface area contributed by atoms with E-state index >= 15 is 0 Å². The Hall–Kier alpha value is -1.06. The van der Waals surface area contributed by atoms with Gasteiger partial charge in [0.1, 0.15) is 5.75 Å². The standard InChI is InChI=1S/C12H19NO2/c1-11(2)13(14)9-6-10-15-12-7-4-3-5-8-12/h3-5,7-8,11,14H,6,9-10H2,1-2H3. The maximum Gasteiger partial charge on any atom is 0.119 e. The summed E-state index contributed by atoms with van der Waals surface area (Å²) in [4.78, 5) is 0.